The first-order valence-electron chi connectivity index (χ1n) is 6.80. The summed E-state index contributed by atoms with van der Waals surface area (Å²) in [6, 6.07) is 0.0275. The van der Waals surface area contributed by atoms with E-state index >= 15 is 0 Å². The first-order chi connectivity index (χ1) is 9.58. The molecule has 1 aromatic rings. The zero-order valence-corrected chi connectivity index (χ0v) is 11.5. The summed E-state index contributed by atoms with van der Waals surface area (Å²) in [5.41, 5.74) is 0. The van der Waals surface area contributed by atoms with E-state index < -0.39 is 5.97 Å². The fraction of sp³-hybridized carbons (Fsp3) is 0.615. The van der Waals surface area contributed by atoms with Crippen LogP contribution in [0.1, 0.15) is 25.8 Å². The Labute approximate surface area is 117 Å². The Balaban J connectivity index is 1.90. The molecule has 1 aliphatic rings. The Bertz CT molecular complexity index is 460. The van der Waals surface area contributed by atoms with Gasteiger partial charge in [0, 0.05) is 32.0 Å². The van der Waals surface area contributed by atoms with Crippen molar-refractivity contribution in [3.8, 4) is 0 Å². The SMILES string of the molecule is CC1CCN(C(=O)NCCC(=O)O)CC1n1ccnc1. The van der Waals surface area contributed by atoms with Crippen LogP contribution in [0, 0.1) is 5.92 Å². The molecule has 0 radical (unpaired) electrons. The van der Waals surface area contributed by atoms with Crippen molar-refractivity contribution in [2.24, 2.45) is 5.92 Å². The number of hydrogen-bond acceptors (Lipinski definition) is 3. The Hall–Kier alpha value is -2.05. The van der Waals surface area contributed by atoms with Crippen molar-refractivity contribution in [2.45, 2.75) is 25.8 Å². The number of likely N-dealkylation sites (tertiary alicyclic amines) is 1. The van der Waals surface area contributed by atoms with Crippen molar-refractivity contribution in [1.29, 1.82) is 0 Å². The maximum absolute atomic E-state index is 12.0. The molecule has 110 valence electrons. The lowest BCUT2D eigenvalue weighted by molar-refractivity contribution is -0.136. The van der Waals surface area contributed by atoms with E-state index in [2.05, 4.69) is 17.2 Å². The highest BCUT2D eigenvalue weighted by atomic mass is 16.4. The van der Waals surface area contributed by atoms with Crippen LogP contribution in [0.4, 0.5) is 4.79 Å². The van der Waals surface area contributed by atoms with E-state index in [1.165, 1.54) is 0 Å². The number of nitrogens with one attached hydrogen (secondary N) is 1. The van der Waals surface area contributed by atoms with Crippen LogP contribution in [0.25, 0.3) is 0 Å². The maximum Gasteiger partial charge on any atom is 0.317 e. The Kier molecular flexibility index (Phi) is 4.60. The third kappa shape index (κ3) is 3.49. The quantitative estimate of drug-likeness (QED) is 0.859. The molecule has 20 heavy (non-hydrogen) atoms. The number of rotatable bonds is 4. The number of carboxylic acids is 1. The molecule has 1 saturated heterocycles. The molecule has 0 spiro atoms. The van der Waals surface area contributed by atoms with Crippen molar-refractivity contribution < 1.29 is 14.7 Å². The summed E-state index contributed by atoms with van der Waals surface area (Å²) in [5, 5.41) is 11.2. The molecule has 0 aromatic carbocycles. The van der Waals surface area contributed by atoms with Gasteiger partial charge in [-0.25, -0.2) is 9.78 Å². The predicted molar refractivity (Wildman–Crippen MR) is 72.3 cm³/mol. The van der Waals surface area contributed by atoms with Gasteiger partial charge in [-0.05, 0) is 12.3 Å². The van der Waals surface area contributed by atoms with E-state index in [1.807, 2.05) is 10.8 Å². The summed E-state index contributed by atoms with van der Waals surface area (Å²) >= 11 is 0. The van der Waals surface area contributed by atoms with Crippen LogP contribution in [0.15, 0.2) is 18.7 Å². The number of carbonyl (C=O) groups is 2. The molecule has 7 nitrogen and oxygen atoms in total. The second-order valence-corrected chi connectivity index (χ2v) is 5.16. The zero-order valence-electron chi connectivity index (χ0n) is 11.5. The number of hydrogen-bond donors (Lipinski definition) is 2. The molecule has 2 heterocycles. The van der Waals surface area contributed by atoms with Gasteiger partial charge in [-0.3, -0.25) is 4.79 Å². The highest BCUT2D eigenvalue weighted by Crippen LogP contribution is 2.27. The molecular weight excluding hydrogens is 260 g/mol. The lowest BCUT2D eigenvalue weighted by Gasteiger charge is -2.37. The van der Waals surface area contributed by atoms with Gasteiger partial charge in [0.05, 0.1) is 18.8 Å². The molecule has 1 fully saturated rings. The zero-order chi connectivity index (χ0) is 14.5. The summed E-state index contributed by atoms with van der Waals surface area (Å²) in [5.74, 6) is -0.430. The number of urea groups is 1. The van der Waals surface area contributed by atoms with E-state index in [9.17, 15) is 9.59 Å². The predicted octanol–water partition coefficient (Wildman–Crippen LogP) is 0.950. The maximum atomic E-state index is 12.0. The van der Waals surface area contributed by atoms with Crippen LogP contribution < -0.4 is 5.32 Å². The van der Waals surface area contributed by atoms with Crippen LogP contribution in [-0.4, -0.2) is 51.2 Å². The molecule has 1 aliphatic heterocycles. The average Bonchev–Trinajstić information content (AvgIpc) is 2.92. The topological polar surface area (TPSA) is 87.5 Å². The van der Waals surface area contributed by atoms with Crippen LogP contribution >= 0.6 is 0 Å². The van der Waals surface area contributed by atoms with Crippen LogP contribution in [0.2, 0.25) is 0 Å². The van der Waals surface area contributed by atoms with Crippen LogP contribution in [-0.2, 0) is 4.79 Å². The summed E-state index contributed by atoms with van der Waals surface area (Å²) < 4.78 is 2.03. The highest BCUT2D eigenvalue weighted by Gasteiger charge is 2.29. The van der Waals surface area contributed by atoms with Gasteiger partial charge in [-0.15, -0.1) is 0 Å². The van der Waals surface area contributed by atoms with Crippen LogP contribution in [0.5, 0.6) is 0 Å². The third-order valence-electron chi connectivity index (χ3n) is 3.73. The van der Waals surface area contributed by atoms with Gasteiger partial charge < -0.3 is 19.9 Å². The van der Waals surface area contributed by atoms with E-state index in [0.29, 0.717) is 19.0 Å². The summed E-state index contributed by atoms with van der Waals surface area (Å²) in [6.07, 6.45) is 6.29. The number of amides is 2. The standard InChI is InChI=1S/C13H20N4O3/c1-10-3-6-16(13(20)15-4-2-12(18)19)8-11(10)17-7-5-14-9-17/h5,7,9-11H,2-4,6,8H2,1H3,(H,15,20)(H,18,19). The minimum Gasteiger partial charge on any atom is -0.481 e. The second-order valence-electron chi connectivity index (χ2n) is 5.16. The van der Waals surface area contributed by atoms with E-state index in [0.717, 1.165) is 6.42 Å². The van der Waals surface area contributed by atoms with E-state index in [-0.39, 0.29) is 25.0 Å². The number of nitrogens with zero attached hydrogens (tertiary/aromatic N) is 3. The molecule has 0 saturated carbocycles. The Morgan fingerprint density at radius 1 is 1.50 bits per heavy atom. The van der Waals surface area contributed by atoms with Gasteiger partial charge in [0.2, 0.25) is 0 Å². The van der Waals surface area contributed by atoms with Crippen molar-refractivity contribution in [2.75, 3.05) is 19.6 Å². The fourth-order valence-electron chi connectivity index (χ4n) is 2.48. The Morgan fingerprint density at radius 2 is 2.30 bits per heavy atom. The number of carbonyl (C=O) groups excluding carboxylic acids is 1. The smallest absolute Gasteiger partial charge is 0.317 e. The first-order valence-corrected chi connectivity index (χ1v) is 6.80. The molecule has 2 unspecified atom stereocenters. The molecule has 2 atom stereocenters. The summed E-state index contributed by atoms with van der Waals surface area (Å²) in [6.45, 7) is 3.65. The van der Waals surface area contributed by atoms with E-state index in [1.54, 1.807) is 17.4 Å². The second kappa shape index (κ2) is 6.40. The Morgan fingerprint density at radius 3 is 2.95 bits per heavy atom. The van der Waals surface area contributed by atoms with Crippen molar-refractivity contribution >= 4 is 12.0 Å². The lowest BCUT2D eigenvalue weighted by atomic mass is 9.93. The number of imidazole rings is 1. The average molecular weight is 280 g/mol. The van der Waals surface area contributed by atoms with Crippen molar-refractivity contribution in [1.82, 2.24) is 19.8 Å². The monoisotopic (exact) mass is 280 g/mol. The fourth-order valence-corrected chi connectivity index (χ4v) is 2.48. The number of aliphatic carboxylic acids is 1. The number of piperidine rings is 1. The van der Waals surface area contributed by atoms with E-state index in [4.69, 9.17) is 5.11 Å². The van der Waals surface area contributed by atoms with Gasteiger partial charge in [0.1, 0.15) is 0 Å². The van der Waals surface area contributed by atoms with Gasteiger partial charge in [-0.1, -0.05) is 6.92 Å². The first kappa shape index (κ1) is 14.4. The van der Waals surface area contributed by atoms with Gasteiger partial charge in [0.15, 0.2) is 0 Å². The lowest BCUT2D eigenvalue weighted by Crippen LogP contribution is -2.48. The molecule has 7 heteroatoms. The normalized spacial score (nSPS) is 22.6. The van der Waals surface area contributed by atoms with Gasteiger partial charge in [-0.2, -0.15) is 0 Å². The van der Waals surface area contributed by atoms with Gasteiger partial charge in [0.25, 0.3) is 0 Å². The largest absolute Gasteiger partial charge is 0.481 e. The van der Waals surface area contributed by atoms with Crippen LogP contribution in [0.3, 0.4) is 0 Å². The number of aromatic nitrogens is 2. The number of carboxylic acid groups (broad SMARTS) is 1. The van der Waals surface area contributed by atoms with Gasteiger partial charge >= 0.3 is 12.0 Å². The molecule has 1 aromatic heterocycles. The van der Waals surface area contributed by atoms with Crippen molar-refractivity contribution in [3.63, 3.8) is 0 Å². The third-order valence-corrected chi connectivity index (χ3v) is 3.73. The molecular formula is C13H20N4O3. The molecule has 0 bridgehead atoms. The molecule has 2 N–H and O–H groups in total. The highest BCUT2D eigenvalue weighted by molar-refractivity contribution is 5.75. The molecule has 2 amide bonds. The molecule has 2 rings (SSSR count). The summed E-state index contributed by atoms with van der Waals surface area (Å²) in [7, 11) is 0. The minimum atomic E-state index is -0.908. The molecule has 0 aliphatic carbocycles. The van der Waals surface area contributed by atoms with Crippen molar-refractivity contribution in [3.05, 3.63) is 18.7 Å². The minimum absolute atomic E-state index is 0.0546. The summed E-state index contributed by atoms with van der Waals surface area (Å²) in [4.78, 5) is 28.2.